The summed E-state index contributed by atoms with van der Waals surface area (Å²) < 4.78 is 42.3. The van der Waals surface area contributed by atoms with Crippen molar-refractivity contribution in [2.75, 3.05) is 7.11 Å². The molecule has 0 unspecified atom stereocenters. The van der Waals surface area contributed by atoms with Crippen LogP contribution in [0.2, 0.25) is 0 Å². The number of methoxy groups -OCH3 is 1. The molecular weight excluding hydrogens is 245 g/mol. The van der Waals surface area contributed by atoms with Crippen molar-refractivity contribution in [1.82, 2.24) is 4.98 Å². The van der Waals surface area contributed by atoms with Gasteiger partial charge in [0, 0.05) is 5.39 Å². The molecule has 0 aliphatic heterocycles. The molecular formula is C9H8BF3KNO. The van der Waals surface area contributed by atoms with Crippen LogP contribution in [-0.4, -0.2) is 19.1 Å². The van der Waals surface area contributed by atoms with E-state index in [1.54, 1.807) is 18.2 Å². The van der Waals surface area contributed by atoms with E-state index in [0.717, 1.165) is 6.07 Å². The number of ether oxygens (including phenoxy) is 1. The zero-order valence-corrected chi connectivity index (χ0v) is 12.1. The molecule has 0 bridgehead atoms. The molecule has 0 atom stereocenters. The monoisotopic (exact) mass is 253 g/mol. The fourth-order valence-electron chi connectivity index (χ4n) is 1.50. The van der Waals surface area contributed by atoms with Crippen LogP contribution in [0, 0.1) is 0 Å². The Kier molecular flexibility index (Phi) is 4.53. The van der Waals surface area contributed by atoms with Crippen LogP contribution in [0.1, 0.15) is 0 Å². The summed E-state index contributed by atoms with van der Waals surface area (Å²) in [6.45, 7) is -4.99. The van der Waals surface area contributed by atoms with E-state index in [2.05, 4.69) is 4.98 Å². The molecule has 7 heteroatoms. The minimum atomic E-state index is -4.99. The zero-order chi connectivity index (χ0) is 11.1. The van der Waals surface area contributed by atoms with Crippen molar-refractivity contribution in [1.29, 1.82) is 0 Å². The molecule has 2 rings (SSSR count). The van der Waals surface area contributed by atoms with Gasteiger partial charge in [0.2, 0.25) is 0 Å². The summed E-state index contributed by atoms with van der Waals surface area (Å²) in [6, 6.07) is 5.98. The maximum Gasteiger partial charge on any atom is 1.00 e. The molecule has 0 saturated carbocycles. The smallest absolute Gasteiger partial charge is 0.495 e. The van der Waals surface area contributed by atoms with Crippen LogP contribution in [0.4, 0.5) is 12.9 Å². The van der Waals surface area contributed by atoms with Crippen LogP contribution in [0.15, 0.2) is 24.3 Å². The van der Waals surface area contributed by atoms with Gasteiger partial charge in [-0.15, -0.1) is 0 Å². The molecule has 0 aliphatic rings. The zero-order valence-electron chi connectivity index (χ0n) is 8.93. The largest absolute Gasteiger partial charge is 1.00 e. The van der Waals surface area contributed by atoms with Gasteiger partial charge in [-0.1, -0.05) is 18.2 Å². The number of hydrogen-bond donors (Lipinski definition) is 1. The maximum atomic E-state index is 12.5. The molecule has 2 aromatic rings. The van der Waals surface area contributed by atoms with Crippen LogP contribution in [0.5, 0.6) is 5.75 Å². The van der Waals surface area contributed by atoms with Gasteiger partial charge in [0.1, 0.15) is 5.75 Å². The third-order valence-corrected chi connectivity index (χ3v) is 2.21. The minimum absolute atomic E-state index is 0. The summed E-state index contributed by atoms with van der Waals surface area (Å²) in [7, 11) is 1.42. The van der Waals surface area contributed by atoms with Crippen molar-refractivity contribution >= 4 is 23.5 Å². The number of aromatic nitrogens is 1. The van der Waals surface area contributed by atoms with Gasteiger partial charge in [-0.2, -0.15) is 0 Å². The Morgan fingerprint density at radius 3 is 2.50 bits per heavy atom. The van der Waals surface area contributed by atoms with Crippen molar-refractivity contribution in [2.24, 2.45) is 0 Å². The van der Waals surface area contributed by atoms with E-state index in [1.807, 2.05) is 0 Å². The van der Waals surface area contributed by atoms with Crippen molar-refractivity contribution in [2.45, 2.75) is 0 Å². The number of rotatable bonds is 2. The molecule has 0 radical (unpaired) electrons. The SMILES string of the molecule is COc1cccc2cc([B-](F)(F)F)[nH]c12.[K+]. The van der Waals surface area contributed by atoms with Crippen molar-refractivity contribution < 1.29 is 69.1 Å². The quantitative estimate of drug-likeness (QED) is 0.699. The summed E-state index contributed by atoms with van der Waals surface area (Å²) in [5.74, 6) is 0.416. The second kappa shape index (κ2) is 5.14. The van der Waals surface area contributed by atoms with Gasteiger partial charge in [0.05, 0.1) is 12.6 Å². The number of hydrogen-bond acceptors (Lipinski definition) is 1. The third-order valence-electron chi connectivity index (χ3n) is 2.21. The van der Waals surface area contributed by atoms with Crippen molar-refractivity contribution in [3.63, 3.8) is 0 Å². The first-order chi connectivity index (χ1) is 7.02. The van der Waals surface area contributed by atoms with Crippen molar-refractivity contribution in [3.8, 4) is 5.75 Å². The first-order valence-corrected chi connectivity index (χ1v) is 4.38. The number of benzene rings is 1. The van der Waals surface area contributed by atoms with Gasteiger partial charge in [0.15, 0.2) is 0 Å². The van der Waals surface area contributed by atoms with E-state index in [0.29, 0.717) is 16.7 Å². The predicted molar refractivity (Wildman–Crippen MR) is 53.6 cm³/mol. The van der Waals surface area contributed by atoms with E-state index in [4.69, 9.17) is 4.74 Å². The van der Waals surface area contributed by atoms with Gasteiger partial charge < -0.3 is 22.7 Å². The summed E-state index contributed by atoms with van der Waals surface area (Å²) in [4.78, 5) is 2.33. The predicted octanol–water partition coefficient (Wildman–Crippen LogP) is -0.765. The number of halogens is 3. The second-order valence-electron chi connectivity index (χ2n) is 3.22. The third kappa shape index (κ3) is 2.65. The van der Waals surface area contributed by atoms with Gasteiger partial charge >= 0.3 is 58.4 Å². The first kappa shape index (κ1) is 14.1. The van der Waals surface area contributed by atoms with E-state index in [1.165, 1.54) is 7.11 Å². The molecule has 1 aromatic heterocycles. The Balaban J connectivity index is 0.00000128. The van der Waals surface area contributed by atoms with Gasteiger partial charge in [-0.05, 0) is 11.7 Å². The number of fused-ring (bicyclic) bond motifs is 1. The maximum absolute atomic E-state index is 12.5. The number of H-pyrrole nitrogens is 1. The molecule has 0 spiro atoms. The Labute approximate surface area is 133 Å². The Bertz CT molecular complexity index is 497. The summed E-state index contributed by atoms with van der Waals surface area (Å²) in [6.07, 6.45) is 0. The fraction of sp³-hybridized carbons (Fsp3) is 0.111. The Morgan fingerprint density at radius 1 is 1.25 bits per heavy atom. The molecule has 0 fully saturated rings. The van der Waals surface area contributed by atoms with E-state index in [-0.39, 0.29) is 51.4 Å². The molecule has 0 amide bonds. The molecule has 16 heavy (non-hydrogen) atoms. The van der Waals surface area contributed by atoms with Crippen LogP contribution in [-0.2, 0) is 0 Å². The van der Waals surface area contributed by atoms with Crippen LogP contribution in [0.3, 0.4) is 0 Å². The van der Waals surface area contributed by atoms with E-state index >= 15 is 0 Å². The number of nitrogens with one attached hydrogen (secondary N) is 1. The average Bonchev–Trinajstić information content (AvgIpc) is 2.59. The molecule has 2 nitrogen and oxygen atoms in total. The Morgan fingerprint density at radius 2 is 1.94 bits per heavy atom. The Hall–Kier alpha value is 0.0513. The van der Waals surface area contributed by atoms with Crippen molar-refractivity contribution in [3.05, 3.63) is 24.3 Å². The molecule has 80 valence electrons. The van der Waals surface area contributed by atoms with Gasteiger partial charge in [0.25, 0.3) is 0 Å². The van der Waals surface area contributed by atoms with Crippen LogP contribution in [0.25, 0.3) is 10.9 Å². The average molecular weight is 253 g/mol. The molecule has 1 heterocycles. The topological polar surface area (TPSA) is 25.0 Å². The second-order valence-corrected chi connectivity index (χ2v) is 3.22. The molecule has 0 aliphatic carbocycles. The molecule has 1 aromatic carbocycles. The molecule has 0 saturated heterocycles. The van der Waals surface area contributed by atoms with Crippen LogP contribution < -0.4 is 61.7 Å². The normalized spacial score (nSPS) is 11.2. The minimum Gasteiger partial charge on any atom is -0.495 e. The van der Waals surface area contributed by atoms with Gasteiger partial charge in [-0.3, -0.25) is 0 Å². The summed E-state index contributed by atoms with van der Waals surface area (Å²) in [5.41, 5.74) is -0.316. The van der Waals surface area contributed by atoms with Gasteiger partial charge in [-0.25, -0.2) is 0 Å². The first-order valence-electron chi connectivity index (χ1n) is 4.38. The van der Waals surface area contributed by atoms with E-state index in [9.17, 15) is 12.9 Å². The van der Waals surface area contributed by atoms with Crippen LogP contribution >= 0.6 is 0 Å². The standard InChI is InChI=1S/C9H8BF3NO.K/c1-15-7-4-2-3-6-5-8(10(11,12)13)14-9(6)7;/h2-5,14H,1H3;/q-1;+1. The molecule has 1 N–H and O–H groups in total. The summed E-state index contributed by atoms with van der Waals surface area (Å²) >= 11 is 0. The summed E-state index contributed by atoms with van der Waals surface area (Å²) in [5, 5.41) is 0.503. The number of para-hydroxylation sites is 1. The van der Waals surface area contributed by atoms with E-state index < -0.39 is 12.6 Å². The fourth-order valence-corrected chi connectivity index (χ4v) is 1.50. The number of aromatic amines is 1.